The zero-order valence-electron chi connectivity index (χ0n) is 8.03. The van der Waals surface area contributed by atoms with E-state index in [0.29, 0.717) is 5.56 Å². The van der Waals surface area contributed by atoms with Gasteiger partial charge in [0.05, 0.1) is 9.98 Å². The van der Waals surface area contributed by atoms with Crippen molar-refractivity contribution in [1.29, 1.82) is 0 Å². The van der Waals surface area contributed by atoms with Crippen molar-refractivity contribution in [2.75, 3.05) is 0 Å². The summed E-state index contributed by atoms with van der Waals surface area (Å²) in [5.41, 5.74) is 2.85. The van der Waals surface area contributed by atoms with Crippen LogP contribution in [0.1, 0.15) is 15.9 Å². The summed E-state index contributed by atoms with van der Waals surface area (Å²) in [5, 5.41) is 0.969. The molecule has 0 saturated heterocycles. The van der Waals surface area contributed by atoms with Crippen molar-refractivity contribution < 1.29 is 4.79 Å². The number of aldehydes is 1. The highest BCUT2D eigenvalue weighted by Gasteiger charge is 2.06. The van der Waals surface area contributed by atoms with Gasteiger partial charge in [-0.15, -0.1) is 11.3 Å². The first-order valence-corrected chi connectivity index (χ1v) is 5.99. The second kappa shape index (κ2) is 4.24. The van der Waals surface area contributed by atoms with Crippen LogP contribution in [-0.2, 0) is 0 Å². The molecule has 4 heteroatoms. The molecule has 1 aromatic heterocycles. The van der Waals surface area contributed by atoms with E-state index in [1.54, 1.807) is 17.5 Å². The first-order chi connectivity index (χ1) is 7.20. The van der Waals surface area contributed by atoms with Crippen LogP contribution in [0.4, 0.5) is 0 Å². The molecule has 2 nitrogen and oxygen atoms in total. The fraction of sp³-hybridized carbons (Fsp3) is 0.0909. The number of hydrogen-bond donors (Lipinski definition) is 0. The van der Waals surface area contributed by atoms with Gasteiger partial charge in [0, 0.05) is 11.1 Å². The first kappa shape index (κ1) is 10.5. The molecule has 76 valence electrons. The third kappa shape index (κ3) is 2.16. The number of aryl methyl sites for hydroxylation is 1. The van der Waals surface area contributed by atoms with Gasteiger partial charge >= 0.3 is 0 Å². The summed E-state index contributed by atoms with van der Waals surface area (Å²) in [4.78, 5) is 14.9. The Balaban J connectivity index is 2.49. The highest BCUT2D eigenvalue weighted by molar-refractivity contribution is 9.11. The van der Waals surface area contributed by atoms with Crippen LogP contribution in [-0.4, -0.2) is 11.3 Å². The Morgan fingerprint density at radius 1 is 1.47 bits per heavy atom. The van der Waals surface area contributed by atoms with Crippen molar-refractivity contribution in [3.05, 3.63) is 39.3 Å². The smallest absolute Gasteiger partial charge is 0.150 e. The number of carbonyl (C=O) groups excluding carboxylic acids is 1. The first-order valence-electron chi connectivity index (χ1n) is 4.38. The Hall–Kier alpha value is -1.000. The molecule has 0 bridgehead atoms. The number of aromatic nitrogens is 1. The number of rotatable bonds is 2. The van der Waals surface area contributed by atoms with Crippen LogP contribution >= 0.6 is 27.3 Å². The normalized spacial score (nSPS) is 10.3. The highest BCUT2D eigenvalue weighted by atomic mass is 79.9. The van der Waals surface area contributed by atoms with Crippen molar-refractivity contribution in [3.8, 4) is 10.6 Å². The average Bonchev–Trinajstić information content (AvgIpc) is 2.64. The van der Waals surface area contributed by atoms with Gasteiger partial charge in [-0.3, -0.25) is 4.79 Å². The Bertz CT molecular complexity index is 507. The van der Waals surface area contributed by atoms with E-state index in [1.165, 1.54) is 0 Å². The highest BCUT2D eigenvalue weighted by Crippen LogP contribution is 2.30. The number of thiazole rings is 1. The zero-order valence-corrected chi connectivity index (χ0v) is 10.4. The van der Waals surface area contributed by atoms with Gasteiger partial charge in [-0.25, -0.2) is 4.98 Å². The second-order valence-corrected chi connectivity index (χ2v) is 5.57. The van der Waals surface area contributed by atoms with Gasteiger partial charge in [0.2, 0.25) is 0 Å². The molecule has 1 heterocycles. The van der Waals surface area contributed by atoms with Crippen molar-refractivity contribution >= 4 is 33.6 Å². The molecule has 0 unspecified atom stereocenters. The van der Waals surface area contributed by atoms with E-state index in [0.717, 1.165) is 26.2 Å². The fourth-order valence-corrected chi connectivity index (χ4v) is 2.68. The minimum atomic E-state index is 0.701. The Morgan fingerprint density at radius 3 is 2.80 bits per heavy atom. The van der Waals surface area contributed by atoms with Crippen molar-refractivity contribution in [2.24, 2.45) is 0 Å². The predicted octanol–water partition coefficient (Wildman–Crippen LogP) is 3.69. The lowest BCUT2D eigenvalue weighted by molar-refractivity contribution is 0.112. The zero-order chi connectivity index (χ0) is 10.8. The summed E-state index contributed by atoms with van der Waals surface area (Å²) >= 11 is 4.97. The monoisotopic (exact) mass is 281 g/mol. The second-order valence-electron chi connectivity index (χ2n) is 3.16. The van der Waals surface area contributed by atoms with E-state index in [4.69, 9.17) is 0 Å². The van der Waals surface area contributed by atoms with Crippen LogP contribution in [0.25, 0.3) is 10.6 Å². The van der Waals surface area contributed by atoms with Gasteiger partial charge in [0.25, 0.3) is 0 Å². The summed E-state index contributed by atoms with van der Waals surface area (Å²) in [7, 11) is 0. The van der Waals surface area contributed by atoms with Crippen LogP contribution in [0.2, 0.25) is 0 Å². The van der Waals surface area contributed by atoms with Crippen molar-refractivity contribution in [3.63, 3.8) is 0 Å². The third-order valence-corrected chi connectivity index (χ3v) is 3.60. The van der Waals surface area contributed by atoms with Gasteiger partial charge < -0.3 is 0 Å². The fourth-order valence-electron chi connectivity index (χ4n) is 1.38. The Kier molecular flexibility index (Phi) is 2.98. The molecular weight excluding hydrogens is 274 g/mol. The number of hydrogen-bond acceptors (Lipinski definition) is 3. The van der Waals surface area contributed by atoms with Gasteiger partial charge in [-0.2, -0.15) is 0 Å². The Morgan fingerprint density at radius 2 is 2.27 bits per heavy atom. The lowest BCUT2D eigenvalue weighted by Gasteiger charge is -2.02. The van der Waals surface area contributed by atoms with Crippen molar-refractivity contribution in [1.82, 2.24) is 4.98 Å². The lowest BCUT2D eigenvalue weighted by Crippen LogP contribution is -1.85. The van der Waals surface area contributed by atoms with E-state index in [-0.39, 0.29) is 0 Å². The van der Waals surface area contributed by atoms with E-state index in [9.17, 15) is 4.79 Å². The van der Waals surface area contributed by atoms with E-state index in [1.807, 2.05) is 25.1 Å². The maximum absolute atomic E-state index is 10.6. The van der Waals surface area contributed by atoms with Crippen LogP contribution in [0, 0.1) is 6.92 Å². The summed E-state index contributed by atoms with van der Waals surface area (Å²) in [6.45, 7) is 1.98. The number of carbonyl (C=O) groups is 1. The molecule has 0 aliphatic carbocycles. The summed E-state index contributed by atoms with van der Waals surface area (Å²) in [6.07, 6.45) is 2.64. The molecule has 0 spiro atoms. The van der Waals surface area contributed by atoms with Crippen LogP contribution < -0.4 is 0 Å². The standard InChI is InChI=1S/C11H8BrNOS/c1-7-4-8(6-14)2-3-9(7)11-13-5-10(12)15-11/h2-6H,1H3. The molecule has 0 fully saturated rings. The van der Waals surface area contributed by atoms with Crippen molar-refractivity contribution in [2.45, 2.75) is 6.92 Å². The molecule has 0 N–H and O–H groups in total. The molecule has 2 rings (SSSR count). The van der Waals surface area contributed by atoms with E-state index >= 15 is 0 Å². The molecule has 0 atom stereocenters. The minimum Gasteiger partial charge on any atom is -0.298 e. The van der Waals surface area contributed by atoms with Gasteiger partial charge in [0.1, 0.15) is 11.3 Å². The molecule has 2 aromatic rings. The van der Waals surface area contributed by atoms with Crippen LogP contribution in [0.3, 0.4) is 0 Å². The summed E-state index contributed by atoms with van der Waals surface area (Å²) in [5.74, 6) is 0. The third-order valence-electron chi connectivity index (χ3n) is 2.09. The van der Waals surface area contributed by atoms with E-state index in [2.05, 4.69) is 20.9 Å². The van der Waals surface area contributed by atoms with Gasteiger partial charge in [-0.1, -0.05) is 12.1 Å². The Labute approximate surface area is 100 Å². The maximum atomic E-state index is 10.6. The SMILES string of the molecule is Cc1cc(C=O)ccc1-c1ncc(Br)s1. The molecular formula is C11H8BrNOS. The molecule has 0 aliphatic heterocycles. The van der Waals surface area contributed by atoms with E-state index < -0.39 is 0 Å². The number of nitrogens with zero attached hydrogens (tertiary/aromatic N) is 1. The molecule has 1 aromatic carbocycles. The van der Waals surface area contributed by atoms with Crippen LogP contribution in [0.5, 0.6) is 0 Å². The molecule has 15 heavy (non-hydrogen) atoms. The molecule has 0 aliphatic rings. The largest absolute Gasteiger partial charge is 0.298 e. The molecule has 0 amide bonds. The topological polar surface area (TPSA) is 30.0 Å². The number of halogens is 1. The minimum absolute atomic E-state index is 0.701. The summed E-state index contributed by atoms with van der Waals surface area (Å²) in [6, 6.07) is 5.62. The molecule has 0 radical (unpaired) electrons. The van der Waals surface area contributed by atoms with Crippen LogP contribution in [0.15, 0.2) is 28.2 Å². The quantitative estimate of drug-likeness (QED) is 0.786. The summed E-state index contributed by atoms with van der Waals surface area (Å²) < 4.78 is 1.01. The predicted molar refractivity (Wildman–Crippen MR) is 65.4 cm³/mol. The van der Waals surface area contributed by atoms with Gasteiger partial charge in [-0.05, 0) is 34.5 Å². The average molecular weight is 282 g/mol. The molecule has 0 saturated carbocycles. The van der Waals surface area contributed by atoms with Gasteiger partial charge in [0.15, 0.2) is 0 Å². The lowest BCUT2D eigenvalue weighted by atomic mass is 10.1. The maximum Gasteiger partial charge on any atom is 0.150 e. The number of benzene rings is 1.